The maximum atomic E-state index is 12.3. The highest BCUT2D eigenvalue weighted by Crippen LogP contribution is 2.40. The first kappa shape index (κ1) is 25.6. The summed E-state index contributed by atoms with van der Waals surface area (Å²) in [6.45, 7) is 12.4. The molecule has 12 heteroatoms. The fourth-order valence-corrected chi connectivity index (χ4v) is 4.50. The number of nitrogens with one attached hydrogen (secondary N) is 1. The van der Waals surface area contributed by atoms with Crippen LogP contribution < -0.4 is 11.2 Å². The molecule has 0 aliphatic carbocycles. The minimum absolute atomic E-state index is 0.00752. The van der Waals surface area contributed by atoms with Crippen LogP contribution in [-0.2, 0) is 22.8 Å². The number of hydrogen-bond acceptors (Lipinski definition) is 8. The van der Waals surface area contributed by atoms with Crippen LogP contribution in [0.4, 0.5) is 0 Å². The number of nitrogens with zero attached hydrogens (tertiary/aromatic N) is 2. The molecule has 10 nitrogen and oxygen atoms in total. The van der Waals surface area contributed by atoms with Crippen molar-refractivity contribution in [3.05, 3.63) is 32.6 Å². The molecule has 1 saturated heterocycles. The summed E-state index contributed by atoms with van der Waals surface area (Å²) in [6.07, 6.45) is -0.207. The van der Waals surface area contributed by atoms with E-state index < -0.39 is 46.3 Å². The Kier molecular flexibility index (Phi) is 8.50. The molecule has 0 radical (unpaired) electrons. The van der Waals surface area contributed by atoms with Crippen LogP contribution in [0.1, 0.15) is 45.4 Å². The van der Waals surface area contributed by atoms with Gasteiger partial charge in [-0.15, -0.1) is 9.05 Å². The lowest BCUT2D eigenvalue weighted by molar-refractivity contribution is -0.0403. The van der Waals surface area contributed by atoms with E-state index in [1.54, 1.807) is 6.92 Å². The normalized spacial score (nSPS) is 22.4. The Balaban J connectivity index is 2.19. The fraction of sp³-hybridized carbons (Fsp3) is 0.737. The average Bonchev–Trinajstić information content (AvgIpc) is 3.04. The van der Waals surface area contributed by atoms with Crippen molar-refractivity contribution < 1.29 is 22.8 Å². The van der Waals surface area contributed by atoms with E-state index in [-0.39, 0.29) is 31.1 Å². The Morgan fingerprint density at radius 1 is 1.39 bits per heavy atom. The summed E-state index contributed by atoms with van der Waals surface area (Å²) in [6, 6.07) is 1.90. The van der Waals surface area contributed by atoms with Crippen molar-refractivity contribution in [1.82, 2.24) is 9.55 Å². The van der Waals surface area contributed by atoms with Gasteiger partial charge in [-0.05, 0) is 25.1 Å². The van der Waals surface area contributed by atoms with Crippen LogP contribution in [0.3, 0.4) is 0 Å². The van der Waals surface area contributed by atoms with E-state index in [0.717, 1.165) is 0 Å². The summed E-state index contributed by atoms with van der Waals surface area (Å²) in [5, 5.41) is 8.58. The molecule has 1 N–H and O–H groups in total. The molecule has 172 valence electrons. The number of aromatic nitrogens is 2. The highest BCUT2D eigenvalue weighted by molar-refractivity contribution is 7.33. The monoisotopic (exact) mass is 472 g/mol. The van der Waals surface area contributed by atoms with Crippen molar-refractivity contribution in [1.29, 1.82) is 5.26 Å². The van der Waals surface area contributed by atoms with Gasteiger partial charge < -0.3 is 9.16 Å². The molecule has 0 amide bonds. The molecule has 1 fully saturated rings. The van der Waals surface area contributed by atoms with Crippen LogP contribution in [-0.4, -0.2) is 43.3 Å². The molecule has 0 bridgehead atoms. The van der Waals surface area contributed by atoms with Crippen molar-refractivity contribution in [3.63, 3.8) is 0 Å². The third kappa shape index (κ3) is 6.65. The lowest BCUT2D eigenvalue weighted by atomic mass is 10.2. The lowest BCUT2D eigenvalue weighted by Crippen LogP contribution is -2.44. The molecular formula is C19H31N3O7PSi+. The number of aryl methyl sites for hydroxylation is 1. The van der Waals surface area contributed by atoms with Gasteiger partial charge >= 0.3 is 13.9 Å². The highest BCUT2D eigenvalue weighted by atomic mass is 31.1. The number of rotatable bonds is 9. The van der Waals surface area contributed by atoms with Gasteiger partial charge in [0, 0.05) is 22.7 Å². The smallest absolute Gasteiger partial charge is 0.414 e. The van der Waals surface area contributed by atoms with E-state index in [2.05, 4.69) is 38.8 Å². The SMILES string of the molecule is Cc1cn([C@H]2C[C@H](O[P+](=O)OCCC#N)[C@@H](CO[Si](C)(C)C(C)(C)C)O2)c(=O)[nH]c1=O. The number of hydrogen-bond donors (Lipinski definition) is 1. The first-order valence-electron chi connectivity index (χ1n) is 10.1. The number of aromatic amines is 1. The zero-order valence-corrected chi connectivity index (χ0v) is 20.7. The van der Waals surface area contributed by atoms with E-state index in [4.69, 9.17) is 23.5 Å². The topological polar surface area (TPSA) is 133 Å². The van der Waals surface area contributed by atoms with Gasteiger partial charge in [-0.25, -0.2) is 4.79 Å². The summed E-state index contributed by atoms with van der Waals surface area (Å²) < 4.78 is 36.4. The van der Waals surface area contributed by atoms with Gasteiger partial charge in [-0.1, -0.05) is 20.8 Å². The molecule has 0 saturated carbocycles. The van der Waals surface area contributed by atoms with Gasteiger partial charge in [-0.2, -0.15) is 5.26 Å². The molecule has 1 aromatic rings. The van der Waals surface area contributed by atoms with Crippen LogP contribution in [0.2, 0.25) is 18.1 Å². The van der Waals surface area contributed by atoms with Gasteiger partial charge in [0.1, 0.15) is 25.0 Å². The first-order chi connectivity index (χ1) is 14.4. The fourth-order valence-electron chi connectivity index (χ4n) is 2.75. The number of H-pyrrole nitrogens is 1. The maximum absolute atomic E-state index is 12.3. The van der Waals surface area contributed by atoms with Gasteiger partial charge in [0.15, 0.2) is 8.32 Å². The number of nitriles is 1. The molecule has 1 aliphatic rings. The van der Waals surface area contributed by atoms with Gasteiger partial charge in [0.2, 0.25) is 0 Å². The molecule has 2 heterocycles. The van der Waals surface area contributed by atoms with E-state index >= 15 is 0 Å². The highest BCUT2D eigenvalue weighted by Gasteiger charge is 2.45. The Hall–Kier alpha value is -1.67. The molecule has 1 aromatic heterocycles. The molecule has 0 spiro atoms. The summed E-state index contributed by atoms with van der Waals surface area (Å²) in [5.41, 5.74) is -0.689. The van der Waals surface area contributed by atoms with Gasteiger partial charge in [-0.3, -0.25) is 14.3 Å². The maximum Gasteiger partial charge on any atom is 0.697 e. The van der Waals surface area contributed by atoms with E-state index in [1.165, 1.54) is 10.8 Å². The predicted octanol–water partition coefficient (Wildman–Crippen LogP) is 3.13. The second-order valence-electron chi connectivity index (χ2n) is 9.02. The third-order valence-electron chi connectivity index (χ3n) is 5.68. The molecule has 1 unspecified atom stereocenters. The van der Waals surface area contributed by atoms with E-state index in [0.29, 0.717) is 5.56 Å². The Morgan fingerprint density at radius 3 is 2.68 bits per heavy atom. The van der Waals surface area contributed by atoms with Crippen LogP contribution in [0.15, 0.2) is 15.8 Å². The molecule has 31 heavy (non-hydrogen) atoms. The number of ether oxygens (including phenoxy) is 1. The minimum Gasteiger partial charge on any atom is -0.414 e. The van der Waals surface area contributed by atoms with Gasteiger partial charge in [0.05, 0.1) is 19.1 Å². The van der Waals surface area contributed by atoms with Crippen LogP contribution in [0.25, 0.3) is 0 Å². The van der Waals surface area contributed by atoms with Crippen molar-refractivity contribution >= 4 is 16.6 Å². The summed E-state index contributed by atoms with van der Waals surface area (Å²) in [4.78, 5) is 26.2. The molecular weight excluding hydrogens is 441 g/mol. The molecule has 2 rings (SSSR count). The summed E-state index contributed by atoms with van der Waals surface area (Å²) in [7, 11) is -4.56. The third-order valence-corrected chi connectivity index (χ3v) is 11.0. The second kappa shape index (κ2) is 10.3. The van der Waals surface area contributed by atoms with E-state index in [1.807, 2.05) is 6.07 Å². The molecule has 1 aliphatic heterocycles. The lowest BCUT2D eigenvalue weighted by Gasteiger charge is -2.37. The first-order valence-corrected chi connectivity index (χ1v) is 14.1. The molecule has 0 aromatic carbocycles. The Morgan fingerprint density at radius 2 is 2.06 bits per heavy atom. The summed E-state index contributed by atoms with van der Waals surface area (Å²) in [5.74, 6) is 0. The van der Waals surface area contributed by atoms with Gasteiger partial charge in [0.25, 0.3) is 5.56 Å². The standard InChI is InChI=1S/C19H30N3O7PSi/c1-13-11-22(18(24)21-17(13)23)16-10-14(29-30(25)26-9-7-8-20)15(28-16)12-27-31(5,6)19(2,3)4/h11,14-16H,7,9-10,12H2,1-6H3/p+1/t14-,15+,16+/m0/s1. The van der Waals surface area contributed by atoms with Crippen LogP contribution in [0, 0.1) is 18.3 Å². The average molecular weight is 473 g/mol. The van der Waals surface area contributed by atoms with Crippen molar-refractivity contribution in [3.8, 4) is 6.07 Å². The Bertz CT molecular complexity index is 948. The molecule has 4 atom stereocenters. The van der Waals surface area contributed by atoms with Crippen LogP contribution in [0.5, 0.6) is 0 Å². The largest absolute Gasteiger partial charge is 0.697 e. The van der Waals surface area contributed by atoms with E-state index in [9.17, 15) is 14.2 Å². The second-order valence-corrected chi connectivity index (χ2v) is 14.7. The quantitative estimate of drug-likeness (QED) is 0.329. The zero-order valence-electron chi connectivity index (χ0n) is 18.8. The van der Waals surface area contributed by atoms with Crippen molar-refractivity contribution in [2.45, 2.75) is 77.1 Å². The zero-order chi connectivity index (χ0) is 23.4. The van der Waals surface area contributed by atoms with Crippen molar-refractivity contribution in [2.75, 3.05) is 13.2 Å². The Labute approximate surface area is 183 Å². The summed E-state index contributed by atoms with van der Waals surface area (Å²) >= 11 is 0. The van der Waals surface area contributed by atoms with Crippen LogP contribution >= 0.6 is 8.25 Å². The predicted molar refractivity (Wildman–Crippen MR) is 116 cm³/mol. The minimum atomic E-state index is -2.47. The van der Waals surface area contributed by atoms with Crippen molar-refractivity contribution in [2.24, 2.45) is 0 Å².